The smallest absolute Gasteiger partial charge is 0.0945 e. The summed E-state index contributed by atoms with van der Waals surface area (Å²) in [6, 6.07) is 17.9. The number of aliphatic imine (C=N–C) groups is 1. The summed E-state index contributed by atoms with van der Waals surface area (Å²) >= 11 is 0. The first kappa shape index (κ1) is 22.2. The molecule has 0 aliphatic carbocycles. The maximum Gasteiger partial charge on any atom is 0.0945 e. The van der Waals surface area contributed by atoms with Crippen LogP contribution in [-0.4, -0.2) is 5.87 Å². The zero-order valence-corrected chi connectivity index (χ0v) is 18.7. The summed E-state index contributed by atoms with van der Waals surface area (Å²) in [7, 11) is 0. The molecule has 1 nitrogen and oxygen atoms in total. The summed E-state index contributed by atoms with van der Waals surface area (Å²) in [6.45, 7) is 13.5. The molecule has 0 fully saturated rings. The molecule has 0 saturated heterocycles. The molecule has 0 saturated carbocycles. The first-order valence-electron chi connectivity index (χ1n) is 10.9. The van der Waals surface area contributed by atoms with E-state index >= 15 is 0 Å². The highest BCUT2D eigenvalue weighted by molar-refractivity contribution is 5.54. The van der Waals surface area contributed by atoms with E-state index in [0.29, 0.717) is 0 Å². The van der Waals surface area contributed by atoms with E-state index in [1.165, 1.54) is 35.1 Å². The van der Waals surface area contributed by atoms with Gasteiger partial charge >= 0.3 is 0 Å². The van der Waals surface area contributed by atoms with Gasteiger partial charge in [-0.15, -0.1) is 0 Å². The summed E-state index contributed by atoms with van der Waals surface area (Å²) in [5.41, 5.74) is 5.44. The van der Waals surface area contributed by atoms with E-state index < -0.39 is 0 Å². The Morgan fingerprint density at radius 3 is 1.82 bits per heavy atom. The minimum absolute atomic E-state index is 0.169. The maximum absolute atomic E-state index is 4.88. The number of nitrogens with zero attached hydrogens (tertiary/aromatic N) is 1. The number of benzene rings is 2. The van der Waals surface area contributed by atoms with Gasteiger partial charge in [0.05, 0.1) is 5.54 Å². The fourth-order valence-electron chi connectivity index (χ4n) is 3.78. The van der Waals surface area contributed by atoms with E-state index in [1.807, 2.05) is 0 Å². The van der Waals surface area contributed by atoms with Crippen LogP contribution in [0.25, 0.3) is 0 Å². The molecule has 2 aromatic rings. The van der Waals surface area contributed by atoms with Crippen molar-refractivity contribution in [2.45, 2.75) is 84.6 Å². The van der Waals surface area contributed by atoms with Crippen LogP contribution in [0.1, 0.15) is 82.6 Å². The van der Waals surface area contributed by atoms with Gasteiger partial charge in [0, 0.05) is 0 Å². The van der Waals surface area contributed by atoms with Crippen LogP contribution in [0, 0.1) is 6.92 Å². The fourth-order valence-corrected chi connectivity index (χ4v) is 3.78. The number of rotatable bonds is 9. The van der Waals surface area contributed by atoms with Crippen LogP contribution in [0.2, 0.25) is 0 Å². The second-order valence-electron chi connectivity index (χ2n) is 8.22. The van der Waals surface area contributed by atoms with Crippen LogP contribution in [0.3, 0.4) is 0 Å². The predicted octanol–water partition coefficient (Wildman–Crippen LogP) is 7.56. The Morgan fingerprint density at radius 2 is 1.32 bits per heavy atom. The molecule has 0 unspecified atom stereocenters. The minimum Gasteiger partial charge on any atom is -0.232 e. The summed E-state index contributed by atoms with van der Waals surface area (Å²) in [4.78, 5) is 4.88. The molecule has 0 aliphatic rings. The Kier molecular flexibility index (Phi) is 7.84. The van der Waals surface area contributed by atoms with Crippen LogP contribution in [-0.2, 0) is 17.4 Å². The Bertz CT molecular complexity index is 781. The number of aryl methyl sites for hydroxylation is 1. The average Bonchev–Trinajstić information content (AvgIpc) is 2.75. The zero-order valence-electron chi connectivity index (χ0n) is 18.7. The average molecular weight is 376 g/mol. The fraction of sp³-hybridized carbons (Fsp3) is 0.481. The first-order valence-corrected chi connectivity index (χ1v) is 10.9. The molecule has 0 radical (unpaired) electrons. The molecule has 2 rings (SSSR count). The van der Waals surface area contributed by atoms with Gasteiger partial charge in [-0.3, -0.25) is 0 Å². The molecule has 0 N–H and O–H groups in total. The van der Waals surface area contributed by atoms with Gasteiger partial charge in [-0.2, -0.15) is 0 Å². The quantitative estimate of drug-likeness (QED) is 0.401. The third kappa shape index (κ3) is 5.03. The van der Waals surface area contributed by atoms with Gasteiger partial charge in [0.2, 0.25) is 0 Å². The van der Waals surface area contributed by atoms with Gasteiger partial charge < -0.3 is 0 Å². The third-order valence-electron chi connectivity index (χ3n) is 6.68. The van der Waals surface area contributed by atoms with Crippen molar-refractivity contribution in [2.75, 3.05) is 0 Å². The molecule has 0 spiro atoms. The normalized spacial score (nSPS) is 11.8. The van der Waals surface area contributed by atoms with Crippen molar-refractivity contribution in [2.24, 2.45) is 4.99 Å². The monoisotopic (exact) mass is 375 g/mol. The lowest BCUT2D eigenvalue weighted by Crippen LogP contribution is -2.21. The van der Waals surface area contributed by atoms with E-state index in [2.05, 4.69) is 102 Å². The number of hydrogen-bond acceptors (Lipinski definition) is 1. The van der Waals surface area contributed by atoms with Crippen LogP contribution < -0.4 is 0 Å². The summed E-state index contributed by atoms with van der Waals surface area (Å²) < 4.78 is 0. The highest BCUT2D eigenvalue weighted by Gasteiger charge is 2.27. The van der Waals surface area contributed by atoms with Crippen molar-refractivity contribution < 1.29 is 0 Å². The lowest BCUT2D eigenvalue weighted by molar-refractivity contribution is 0.419. The Morgan fingerprint density at radius 1 is 0.786 bits per heavy atom. The SMILES string of the molecule is CCC(C)(CC)c1ccc(CC=C=NC(CC)(CC)c2ccc(C)cc2)cc1. The topological polar surface area (TPSA) is 12.4 Å². The highest BCUT2D eigenvalue weighted by Crippen LogP contribution is 2.33. The lowest BCUT2D eigenvalue weighted by Gasteiger charge is -2.27. The lowest BCUT2D eigenvalue weighted by atomic mass is 9.78. The molecule has 0 aromatic heterocycles. The van der Waals surface area contributed by atoms with E-state index in [9.17, 15) is 0 Å². The van der Waals surface area contributed by atoms with E-state index in [0.717, 1.165) is 19.3 Å². The molecule has 0 atom stereocenters. The second-order valence-corrected chi connectivity index (χ2v) is 8.22. The molecule has 150 valence electrons. The standard InChI is InChI=1S/C27H37N/c1-7-26(6,8-2)24-19-15-23(16-20-24)12-11-21-28-27(9-3,10-4)25-17-13-22(5)14-18-25/h11,13-20H,7-10,12H2,1-6H3. The summed E-state index contributed by atoms with van der Waals surface area (Å²) in [6.07, 6.45) is 7.25. The van der Waals surface area contributed by atoms with Gasteiger partial charge in [-0.1, -0.05) is 88.7 Å². The summed E-state index contributed by atoms with van der Waals surface area (Å²) in [5, 5.41) is 0. The second kappa shape index (κ2) is 9.89. The van der Waals surface area contributed by atoms with Gasteiger partial charge in [-0.05, 0) is 73.1 Å². The molecule has 28 heavy (non-hydrogen) atoms. The predicted molar refractivity (Wildman–Crippen MR) is 124 cm³/mol. The molecule has 2 aromatic carbocycles. The van der Waals surface area contributed by atoms with Gasteiger partial charge in [0.25, 0.3) is 0 Å². The van der Waals surface area contributed by atoms with Crippen molar-refractivity contribution in [3.63, 3.8) is 0 Å². The molecule has 0 aliphatic heterocycles. The first-order chi connectivity index (χ1) is 13.4. The minimum atomic E-state index is -0.169. The Hall–Kier alpha value is -2.11. The molecule has 0 heterocycles. The van der Waals surface area contributed by atoms with Crippen molar-refractivity contribution in [1.82, 2.24) is 0 Å². The van der Waals surface area contributed by atoms with Gasteiger partial charge in [0.1, 0.15) is 0 Å². The Labute approximate surface area is 172 Å². The van der Waals surface area contributed by atoms with Crippen molar-refractivity contribution >= 4 is 5.87 Å². The third-order valence-corrected chi connectivity index (χ3v) is 6.68. The van der Waals surface area contributed by atoms with Gasteiger partial charge in [-0.25, -0.2) is 4.99 Å². The summed E-state index contributed by atoms with van der Waals surface area (Å²) in [5.74, 6) is 3.26. The largest absolute Gasteiger partial charge is 0.232 e. The van der Waals surface area contributed by atoms with Crippen LogP contribution in [0.4, 0.5) is 0 Å². The van der Waals surface area contributed by atoms with E-state index in [-0.39, 0.29) is 11.0 Å². The van der Waals surface area contributed by atoms with Crippen LogP contribution >= 0.6 is 0 Å². The Balaban J connectivity index is 2.15. The molecular weight excluding hydrogens is 338 g/mol. The molecular formula is C27H37N. The molecule has 0 bridgehead atoms. The van der Waals surface area contributed by atoms with E-state index in [1.54, 1.807) is 0 Å². The van der Waals surface area contributed by atoms with E-state index in [4.69, 9.17) is 4.99 Å². The van der Waals surface area contributed by atoms with Crippen LogP contribution in [0.5, 0.6) is 0 Å². The zero-order chi connectivity index (χ0) is 20.6. The number of allylic oxidation sites excluding steroid dienone is 1. The molecule has 1 heteroatoms. The highest BCUT2D eigenvalue weighted by atomic mass is 14.8. The van der Waals surface area contributed by atoms with Crippen molar-refractivity contribution in [3.05, 3.63) is 76.9 Å². The van der Waals surface area contributed by atoms with Crippen molar-refractivity contribution in [1.29, 1.82) is 0 Å². The van der Waals surface area contributed by atoms with Crippen molar-refractivity contribution in [3.8, 4) is 0 Å². The van der Waals surface area contributed by atoms with Gasteiger partial charge in [0.15, 0.2) is 0 Å². The maximum atomic E-state index is 4.88. The van der Waals surface area contributed by atoms with Crippen LogP contribution in [0.15, 0.2) is 59.6 Å². The molecule has 0 amide bonds. The number of hydrogen-bond donors (Lipinski definition) is 0.